The highest BCUT2D eigenvalue weighted by atomic mass is 35.5. The Morgan fingerprint density at radius 2 is 1.81 bits per heavy atom. The Balaban J connectivity index is -0.000000845. The van der Waals surface area contributed by atoms with Crippen LogP contribution in [0.2, 0.25) is 0 Å². The van der Waals surface area contributed by atoms with Crippen LogP contribution in [-0.2, 0) is 4.79 Å². The largest absolute Gasteiger partial charge is 0.355 e. The van der Waals surface area contributed by atoms with Crippen molar-refractivity contribution in [3.63, 3.8) is 0 Å². The van der Waals surface area contributed by atoms with Crippen LogP contribution in [0, 0.1) is 0 Å². The number of carbonyl (C=O) groups excluding carboxylic acids is 1. The predicted octanol–water partition coefficient (Wildman–Crippen LogP) is 0.896. The lowest BCUT2D eigenvalue weighted by Crippen LogP contribution is -2.39. The van der Waals surface area contributed by atoms with E-state index in [1.807, 2.05) is 19.0 Å². The molecule has 100 valence electrons. The van der Waals surface area contributed by atoms with Gasteiger partial charge in [-0.1, -0.05) is 0 Å². The van der Waals surface area contributed by atoms with Crippen molar-refractivity contribution in [3.05, 3.63) is 0 Å². The first kappa shape index (κ1) is 21.3. The van der Waals surface area contributed by atoms with Gasteiger partial charge < -0.3 is 10.6 Å². The molecule has 0 saturated heterocycles. The van der Waals surface area contributed by atoms with E-state index >= 15 is 0 Å². The van der Waals surface area contributed by atoms with Gasteiger partial charge in [0.1, 0.15) is 0 Å². The van der Waals surface area contributed by atoms with E-state index in [2.05, 4.69) is 24.5 Å². The number of likely N-dealkylation sites (N-methyl/N-ethyl adjacent to an activating group) is 1. The van der Waals surface area contributed by atoms with Gasteiger partial charge in [0.25, 0.3) is 0 Å². The molecule has 0 rings (SSSR count). The molecule has 16 heavy (non-hydrogen) atoms. The van der Waals surface area contributed by atoms with Gasteiger partial charge in [-0.05, 0) is 40.9 Å². The normalized spacial score (nSPS) is 9.62. The Bertz CT molecular complexity index is 168. The van der Waals surface area contributed by atoms with Gasteiger partial charge in [-0.25, -0.2) is 0 Å². The van der Waals surface area contributed by atoms with Crippen LogP contribution in [0.5, 0.6) is 0 Å². The molecule has 0 aromatic heterocycles. The van der Waals surface area contributed by atoms with E-state index in [4.69, 9.17) is 0 Å². The predicted molar refractivity (Wildman–Crippen MR) is 73.8 cm³/mol. The molecule has 6 heteroatoms. The molecule has 0 saturated carbocycles. The minimum Gasteiger partial charge on any atom is -0.355 e. The van der Waals surface area contributed by atoms with E-state index in [1.54, 1.807) is 0 Å². The molecule has 0 radical (unpaired) electrons. The summed E-state index contributed by atoms with van der Waals surface area (Å²) in [6.45, 7) is 6.34. The van der Waals surface area contributed by atoms with Crippen molar-refractivity contribution in [3.8, 4) is 0 Å². The molecule has 0 spiro atoms. The summed E-state index contributed by atoms with van der Waals surface area (Å²) < 4.78 is 0. The second-order valence-corrected chi connectivity index (χ2v) is 3.82. The van der Waals surface area contributed by atoms with E-state index in [-0.39, 0.29) is 30.7 Å². The van der Waals surface area contributed by atoms with Gasteiger partial charge in [0.05, 0.1) is 6.54 Å². The van der Waals surface area contributed by atoms with Gasteiger partial charge >= 0.3 is 0 Å². The summed E-state index contributed by atoms with van der Waals surface area (Å²) in [6, 6.07) is 0.415. The molecule has 0 atom stereocenters. The second-order valence-electron chi connectivity index (χ2n) is 3.82. The minimum absolute atomic E-state index is 0. The average molecular weight is 274 g/mol. The Hall–Kier alpha value is -0.0300. The van der Waals surface area contributed by atoms with Gasteiger partial charge in [-0.15, -0.1) is 24.8 Å². The number of carbonyl (C=O) groups is 1. The molecule has 0 aliphatic rings. The van der Waals surface area contributed by atoms with Crippen LogP contribution in [0.3, 0.4) is 0 Å². The molecule has 0 aliphatic carbocycles. The molecule has 0 aromatic rings. The van der Waals surface area contributed by atoms with Crippen LogP contribution in [-0.4, -0.2) is 50.6 Å². The van der Waals surface area contributed by atoms with E-state index in [0.717, 1.165) is 19.5 Å². The third-order valence-corrected chi connectivity index (χ3v) is 2.20. The van der Waals surface area contributed by atoms with E-state index in [9.17, 15) is 4.79 Å². The van der Waals surface area contributed by atoms with E-state index < -0.39 is 0 Å². The van der Waals surface area contributed by atoms with E-state index in [1.165, 1.54) is 0 Å². The highest BCUT2D eigenvalue weighted by Crippen LogP contribution is 1.91. The quantitative estimate of drug-likeness (QED) is 0.678. The van der Waals surface area contributed by atoms with Crippen molar-refractivity contribution in [1.82, 2.24) is 15.5 Å². The summed E-state index contributed by atoms with van der Waals surface area (Å²) in [4.78, 5) is 13.4. The molecular weight excluding hydrogens is 249 g/mol. The number of nitrogens with zero attached hydrogens (tertiary/aromatic N) is 1. The molecule has 0 bridgehead atoms. The SMILES string of the molecule is CNCCCNC(=O)CN(C)C(C)C.Cl.Cl. The molecule has 4 nitrogen and oxygen atoms in total. The molecule has 0 unspecified atom stereocenters. The van der Waals surface area contributed by atoms with Crippen LogP contribution >= 0.6 is 24.8 Å². The highest BCUT2D eigenvalue weighted by Gasteiger charge is 2.07. The van der Waals surface area contributed by atoms with Crippen molar-refractivity contribution in [1.29, 1.82) is 0 Å². The topological polar surface area (TPSA) is 44.4 Å². The second kappa shape index (κ2) is 13.0. The summed E-state index contributed by atoms with van der Waals surface area (Å²) >= 11 is 0. The minimum atomic E-state index is 0. The Kier molecular flexibility index (Phi) is 17.3. The lowest BCUT2D eigenvalue weighted by molar-refractivity contribution is -0.122. The third kappa shape index (κ3) is 12.0. The van der Waals surface area contributed by atoms with Gasteiger partial charge in [0.15, 0.2) is 0 Å². The number of rotatable bonds is 7. The number of hydrogen-bond acceptors (Lipinski definition) is 3. The zero-order valence-corrected chi connectivity index (χ0v) is 12.2. The standard InChI is InChI=1S/C10H23N3O.2ClH/c1-9(2)13(4)8-10(14)12-7-5-6-11-3;;/h9,11H,5-8H2,1-4H3,(H,12,14);2*1H. The maximum Gasteiger partial charge on any atom is 0.234 e. The van der Waals surface area contributed by atoms with Crippen molar-refractivity contribution < 1.29 is 4.79 Å². The summed E-state index contributed by atoms with van der Waals surface area (Å²) in [5, 5.41) is 5.92. The van der Waals surface area contributed by atoms with Gasteiger partial charge in [0, 0.05) is 12.6 Å². The van der Waals surface area contributed by atoms with Crippen LogP contribution in [0.25, 0.3) is 0 Å². The lowest BCUT2D eigenvalue weighted by atomic mass is 10.3. The Labute approximate surface area is 111 Å². The smallest absolute Gasteiger partial charge is 0.234 e. The lowest BCUT2D eigenvalue weighted by Gasteiger charge is -2.20. The monoisotopic (exact) mass is 273 g/mol. The Morgan fingerprint density at radius 1 is 1.25 bits per heavy atom. The summed E-state index contributed by atoms with van der Waals surface area (Å²) in [6.07, 6.45) is 0.980. The number of halogens is 2. The van der Waals surface area contributed by atoms with Gasteiger partial charge in [0.2, 0.25) is 5.91 Å². The van der Waals surface area contributed by atoms with Gasteiger partial charge in [-0.2, -0.15) is 0 Å². The number of nitrogens with one attached hydrogen (secondary N) is 2. The summed E-state index contributed by atoms with van der Waals surface area (Å²) in [5.74, 6) is 0.109. The molecule has 1 amide bonds. The molecular formula is C10H25Cl2N3O. The number of hydrogen-bond donors (Lipinski definition) is 2. The first-order chi connectivity index (χ1) is 6.57. The molecule has 0 fully saturated rings. The average Bonchev–Trinajstić information content (AvgIpc) is 2.12. The highest BCUT2D eigenvalue weighted by molar-refractivity contribution is 5.85. The fourth-order valence-electron chi connectivity index (χ4n) is 0.958. The fraction of sp³-hybridized carbons (Fsp3) is 0.900. The van der Waals surface area contributed by atoms with Crippen LogP contribution in [0.1, 0.15) is 20.3 Å². The maximum atomic E-state index is 11.3. The first-order valence-corrected chi connectivity index (χ1v) is 5.19. The zero-order valence-electron chi connectivity index (χ0n) is 10.6. The van der Waals surface area contributed by atoms with Crippen LogP contribution < -0.4 is 10.6 Å². The zero-order chi connectivity index (χ0) is 11.0. The summed E-state index contributed by atoms with van der Waals surface area (Å²) in [5.41, 5.74) is 0. The van der Waals surface area contributed by atoms with Crippen LogP contribution in [0.4, 0.5) is 0 Å². The van der Waals surface area contributed by atoms with Gasteiger partial charge in [-0.3, -0.25) is 9.69 Å². The molecule has 2 N–H and O–H groups in total. The molecule has 0 aromatic carbocycles. The number of amides is 1. The summed E-state index contributed by atoms with van der Waals surface area (Å²) in [7, 11) is 3.87. The first-order valence-electron chi connectivity index (χ1n) is 5.19. The Morgan fingerprint density at radius 3 is 2.25 bits per heavy atom. The van der Waals surface area contributed by atoms with E-state index in [0.29, 0.717) is 12.6 Å². The third-order valence-electron chi connectivity index (χ3n) is 2.20. The van der Waals surface area contributed by atoms with Crippen molar-refractivity contribution >= 4 is 30.7 Å². The maximum absolute atomic E-state index is 11.3. The fourth-order valence-corrected chi connectivity index (χ4v) is 0.958. The van der Waals surface area contributed by atoms with Crippen molar-refractivity contribution in [2.45, 2.75) is 26.3 Å². The van der Waals surface area contributed by atoms with Crippen molar-refractivity contribution in [2.75, 3.05) is 33.7 Å². The molecule has 0 heterocycles. The molecule has 0 aliphatic heterocycles. The van der Waals surface area contributed by atoms with Crippen LogP contribution in [0.15, 0.2) is 0 Å². The van der Waals surface area contributed by atoms with Crippen molar-refractivity contribution in [2.24, 2.45) is 0 Å².